The topological polar surface area (TPSA) is 68.2 Å². The van der Waals surface area contributed by atoms with Crippen LogP contribution in [0.2, 0.25) is 0 Å². The Balaban J connectivity index is 1.35. The molecule has 1 saturated carbocycles. The molecule has 2 N–H and O–H groups in total. The van der Waals surface area contributed by atoms with Crippen LogP contribution in [0.3, 0.4) is 0 Å². The van der Waals surface area contributed by atoms with Crippen LogP contribution in [0.1, 0.15) is 38.3 Å². The second kappa shape index (κ2) is 7.38. The summed E-state index contributed by atoms with van der Waals surface area (Å²) in [4.78, 5) is 11.8. The molecule has 1 aliphatic rings. The van der Waals surface area contributed by atoms with Gasteiger partial charge in [0.05, 0.1) is 11.9 Å². The number of hydrogen-bond acceptors (Lipinski definition) is 4. The van der Waals surface area contributed by atoms with Crippen LogP contribution in [0.4, 0.5) is 10.5 Å². The zero-order valence-corrected chi connectivity index (χ0v) is 14.1. The van der Waals surface area contributed by atoms with Crippen LogP contribution in [0.15, 0.2) is 42.7 Å². The summed E-state index contributed by atoms with van der Waals surface area (Å²) in [6.07, 6.45) is 5.30. The molecule has 0 atom stereocenters. The first kappa shape index (κ1) is 16.4. The summed E-state index contributed by atoms with van der Waals surface area (Å²) in [5, 5.41) is 10.7. The quantitative estimate of drug-likeness (QED) is 0.853. The maximum atomic E-state index is 11.8. The number of carbonyl (C=O) groups is 1. The molecule has 128 valence electrons. The van der Waals surface area contributed by atoms with Gasteiger partial charge in [-0.1, -0.05) is 30.3 Å². The summed E-state index contributed by atoms with van der Waals surface area (Å²) in [6, 6.07) is 10.6. The Hall–Kier alpha value is -2.50. The Bertz CT molecular complexity index is 663. The predicted octanol–water partition coefficient (Wildman–Crippen LogP) is 3.33. The number of carbonyl (C=O) groups excluding carboxylic acids is 1. The average Bonchev–Trinajstić information content (AvgIpc) is 3.01. The molecule has 0 unspecified atom stereocenters. The summed E-state index contributed by atoms with van der Waals surface area (Å²) in [6.45, 7) is 4.50. The SMILES string of the molecule is CC(C)n1cc(NC2CC(NC(=O)OCc3ccccc3)C2)cn1. The van der Waals surface area contributed by atoms with Crippen molar-refractivity contribution in [3.05, 3.63) is 48.3 Å². The molecule has 24 heavy (non-hydrogen) atoms. The molecule has 0 bridgehead atoms. The second-order valence-electron chi connectivity index (χ2n) is 6.52. The molecule has 1 heterocycles. The highest BCUT2D eigenvalue weighted by Gasteiger charge is 2.30. The number of ether oxygens (including phenoxy) is 1. The highest BCUT2D eigenvalue weighted by molar-refractivity contribution is 5.67. The fourth-order valence-corrected chi connectivity index (χ4v) is 2.72. The number of aromatic nitrogens is 2. The van der Waals surface area contributed by atoms with E-state index in [-0.39, 0.29) is 12.1 Å². The highest BCUT2D eigenvalue weighted by Crippen LogP contribution is 2.24. The summed E-state index contributed by atoms with van der Waals surface area (Å²) in [5.74, 6) is 0. The molecule has 1 aromatic carbocycles. The maximum absolute atomic E-state index is 11.8. The lowest BCUT2D eigenvalue weighted by Crippen LogP contribution is -2.49. The van der Waals surface area contributed by atoms with Gasteiger partial charge in [-0.2, -0.15) is 5.10 Å². The van der Waals surface area contributed by atoms with Crippen molar-refractivity contribution in [1.29, 1.82) is 0 Å². The second-order valence-corrected chi connectivity index (χ2v) is 6.52. The number of benzene rings is 1. The van der Waals surface area contributed by atoms with Crippen LogP contribution in [-0.4, -0.2) is 28.0 Å². The van der Waals surface area contributed by atoms with Crippen molar-refractivity contribution in [2.75, 3.05) is 5.32 Å². The monoisotopic (exact) mass is 328 g/mol. The van der Waals surface area contributed by atoms with Gasteiger partial charge in [0, 0.05) is 24.3 Å². The molecule has 1 aromatic heterocycles. The number of alkyl carbamates (subject to hydrolysis) is 1. The van der Waals surface area contributed by atoms with E-state index in [1.165, 1.54) is 0 Å². The minimum Gasteiger partial charge on any atom is -0.445 e. The Kier molecular flexibility index (Phi) is 5.03. The number of hydrogen-bond donors (Lipinski definition) is 2. The normalized spacial score (nSPS) is 19.6. The third-order valence-electron chi connectivity index (χ3n) is 4.17. The average molecular weight is 328 g/mol. The Morgan fingerprint density at radius 3 is 2.71 bits per heavy atom. The maximum Gasteiger partial charge on any atom is 0.407 e. The van der Waals surface area contributed by atoms with E-state index in [0.29, 0.717) is 18.7 Å². The predicted molar refractivity (Wildman–Crippen MR) is 92.8 cm³/mol. The number of amides is 1. The Labute approximate surface area is 142 Å². The van der Waals surface area contributed by atoms with Gasteiger partial charge < -0.3 is 15.4 Å². The zero-order chi connectivity index (χ0) is 16.9. The molecule has 3 rings (SSSR count). The summed E-state index contributed by atoms with van der Waals surface area (Å²) < 4.78 is 7.16. The summed E-state index contributed by atoms with van der Waals surface area (Å²) in [7, 11) is 0. The van der Waals surface area contributed by atoms with Crippen LogP contribution < -0.4 is 10.6 Å². The van der Waals surface area contributed by atoms with Gasteiger partial charge in [-0.25, -0.2) is 4.79 Å². The molecule has 1 fully saturated rings. The van der Waals surface area contributed by atoms with E-state index in [4.69, 9.17) is 4.74 Å². The lowest BCUT2D eigenvalue weighted by Gasteiger charge is -2.36. The third kappa shape index (κ3) is 4.28. The Morgan fingerprint density at radius 1 is 1.29 bits per heavy atom. The van der Waals surface area contributed by atoms with Crippen LogP contribution in [-0.2, 0) is 11.3 Å². The highest BCUT2D eigenvalue weighted by atomic mass is 16.5. The lowest BCUT2D eigenvalue weighted by atomic mass is 9.87. The van der Waals surface area contributed by atoms with Gasteiger partial charge in [-0.05, 0) is 32.3 Å². The van der Waals surface area contributed by atoms with Crippen molar-refractivity contribution in [1.82, 2.24) is 15.1 Å². The van der Waals surface area contributed by atoms with Crippen LogP contribution in [0, 0.1) is 0 Å². The van der Waals surface area contributed by atoms with E-state index in [2.05, 4.69) is 29.6 Å². The van der Waals surface area contributed by atoms with E-state index in [1.807, 2.05) is 47.4 Å². The van der Waals surface area contributed by atoms with Gasteiger partial charge in [0.15, 0.2) is 0 Å². The van der Waals surface area contributed by atoms with Crippen molar-refractivity contribution in [2.45, 2.75) is 51.4 Å². The molecule has 1 aliphatic carbocycles. The van der Waals surface area contributed by atoms with Crippen molar-refractivity contribution in [2.24, 2.45) is 0 Å². The third-order valence-corrected chi connectivity index (χ3v) is 4.17. The van der Waals surface area contributed by atoms with Gasteiger partial charge in [0.25, 0.3) is 0 Å². The van der Waals surface area contributed by atoms with E-state index in [9.17, 15) is 4.79 Å². The molecule has 0 radical (unpaired) electrons. The fraction of sp³-hybridized carbons (Fsp3) is 0.444. The van der Waals surface area contributed by atoms with Crippen molar-refractivity contribution < 1.29 is 9.53 Å². The van der Waals surface area contributed by atoms with Gasteiger partial charge in [0.2, 0.25) is 0 Å². The number of rotatable bonds is 6. The first-order valence-electron chi connectivity index (χ1n) is 8.38. The van der Waals surface area contributed by atoms with Gasteiger partial charge in [0.1, 0.15) is 6.61 Å². The minimum atomic E-state index is -0.352. The molecule has 2 aromatic rings. The first-order chi connectivity index (χ1) is 11.6. The molecular weight excluding hydrogens is 304 g/mol. The van der Waals surface area contributed by atoms with Gasteiger partial charge >= 0.3 is 6.09 Å². The van der Waals surface area contributed by atoms with Crippen LogP contribution >= 0.6 is 0 Å². The Morgan fingerprint density at radius 2 is 2.04 bits per heavy atom. The van der Waals surface area contributed by atoms with Crippen LogP contribution in [0.25, 0.3) is 0 Å². The molecule has 0 saturated heterocycles. The van der Waals surface area contributed by atoms with Crippen LogP contribution in [0.5, 0.6) is 0 Å². The molecule has 6 nitrogen and oxygen atoms in total. The first-order valence-corrected chi connectivity index (χ1v) is 8.38. The fourth-order valence-electron chi connectivity index (χ4n) is 2.72. The molecule has 0 aliphatic heterocycles. The molecule has 1 amide bonds. The zero-order valence-electron chi connectivity index (χ0n) is 14.1. The number of nitrogens with zero attached hydrogens (tertiary/aromatic N) is 2. The van der Waals surface area contributed by atoms with E-state index < -0.39 is 0 Å². The van der Waals surface area contributed by atoms with Crippen molar-refractivity contribution in [3.8, 4) is 0 Å². The molecular formula is C18H24N4O2. The van der Waals surface area contributed by atoms with Crippen molar-refractivity contribution >= 4 is 11.8 Å². The lowest BCUT2D eigenvalue weighted by molar-refractivity contribution is 0.129. The summed E-state index contributed by atoms with van der Waals surface area (Å²) >= 11 is 0. The molecule has 6 heteroatoms. The van der Waals surface area contributed by atoms with E-state index in [1.54, 1.807) is 0 Å². The standard InChI is InChI=1S/C18H24N4O2/c1-13(2)22-11-17(10-19-22)20-15-8-16(9-15)21-18(23)24-12-14-6-4-3-5-7-14/h3-7,10-11,13,15-16,20H,8-9,12H2,1-2H3,(H,21,23). The smallest absolute Gasteiger partial charge is 0.407 e. The van der Waals surface area contributed by atoms with E-state index in [0.717, 1.165) is 24.1 Å². The number of anilines is 1. The largest absolute Gasteiger partial charge is 0.445 e. The van der Waals surface area contributed by atoms with Gasteiger partial charge in [-0.3, -0.25) is 4.68 Å². The molecule has 0 spiro atoms. The van der Waals surface area contributed by atoms with Crippen molar-refractivity contribution in [3.63, 3.8) is 0 Å². The van der Waals surface area contributed by atoms with E-state index >= 15 is 0 Å². The minimum absolute atomic E-state index is 0.172. The van der Waals surface area contributed by atoms with Gasteiger partial charge in [-0.15, -0.1) is 0 Å². The number of nitrogens with one attached hydrogen (secondary N) is 2. The summed E-state index contributed by atoms with van der Waals surface area (Å²) in [5.41, 5.74) is 2.02.